The second-order valence-electron chi connectivity index (χ2n) is 4.99. The van der Waals surface area contributed by atoms with Crippen LogP contribution in [0.15, 0.2) is 42.5 Å². The van der Waals surface area contributed by atoms with Crippen LogP contribution in [0.5, 0.6) is 11.5 Å². The van der Waals surface area contributed by atoms with Crippen molar-refractivity contribution in [3.63, 3.8) is 0 Å². The van der Waals surface area contributed by atoms with Crippen molar-refractivity contribution in [1.29, 1.82) is 0 Å². The first-order valence-electron chi connectivity index (χ1n) is 6.72. The van der Waals surface area contributed by atoms with Crippen molar-refractivity contribution in [3.8, 4) is 11.5 Å². The smallest absolute Gasteiger partial charge is 0.161 e. The molecule has 0 fully saturated rings. The van der Waals surface area contributed by atoms with Gasteiger partial charge >= 0.3 is 0 Å². The minimum Gasteiger partial charge on any atom is -0.486 e. The van der Waals surface area contributed by atoms with Crippen molar-refractivity contribution in [2.75, 3.05) is 6.61 Å². The van der Waals surface area contributed by atoms with Gasteiger partial charge < -0.3 is 15.2 Å². The number of nitrogens with two attached hydrogens (primary N) is 1. The minimum atomic E-state index is -0.437. The highest BCUT2D eigenvalue weighted by Crippen LogP contribution is 2.32. The molecule has 5 heteroatoms. The fourth-order valence-corrected chi connectivity index (χ4v) is 2.54. The number of rotatable bonds is 3. The maximum absolute atomic E-state index is 13.4. The molecular formula is C16H15ClFNO2. The average molecular weight is 308 g/mol. The number of halogens is 2. The van der Waals surface area contributed by atoms with Crippen molar-refractivity contribution in [2.24, 2.45) is 5.73 Å². The van der Waals surface area contributed by atoms with Crippen molar-refractivity contribution in [3.05, 3.63) is 58.9 Å². The van der Waals surface area contributed by atoms with Crippen molar-refractivity contribution in [1.82, 2.24) is 0 Å². The number of fused-ring (bicyclic) bond motifs is 1. The van der Waals surface area contributed by atoms with Crippen molar-refractivity contribution < 1.29 is 13.9 Å². The summed E-state index contributed by atoms with van der Waals surface area (Å²) in [6.07, 6.45) is 0.131. The van der Waals surface area contributed by atoms with E-state index in [1.165, 1.54) is 6.07 Å². The van der Waals surface area contributed by atoms with Gasteiger partial charge in [-0.1, -0.05) is 35.9 Å². The van der Waals surface area contributed by atoms with Crippen molar-refractivity contribution >= 4 is 11.6 Å². The standard InChI is InChI=1S/C16H15ClFNO2/c17-16-10(4-3-5-11(16)18)8-12(19)15-9-20-13-6-1-2-7-14(13)21-15/h1-7,12,15H,8-9,19H2. The lowest BCUT2D eigenvalue weighted by Gasteiger charge is -2.30. The quantitative estimate of drug-likeness (QED) is 0.947. The van der Waals surface area contributed by atoms with Gasteiger partial charge in [0.1, 0.15) is 18.5 Å². The molecule has 1 aliphatic rings. The lowest BCUT2D eigenvalue weighted by Crippen LogP contribution is -2.46. The number of hydrogen-bond acceptors (Lipinski definition) is 3. The maximum Gasteiger partial charge on any atom is 0.161 e. The van der Waals surface area contributed by atoms with Gasteiger partial charge in [-0.2, -0.15) is 0 Å². The van der Waals surface area contributed by atoms with Crippen LogP contribution < -0.4 is 15.2 Å². The van der Waals surface area contributed by atoms with E-state index >= 15 is 0 Å². The second kappa shape index (κ2) is 5.92. The zero-order valence-electron chi connectivity index (χ0n) is 11.3. The molecule has 3 nitrogen and oxygen atoms in total. The predicted octanol–water partition coefficient (Wildman–Crippen LogP) is 3.19. The van der Waals surface area contributed by atoms with Crippen LogP contribution in [-0.2, 0) is 6.42 Å². The normalized spacial score (nSPS) is 18.3. The topological polar surface area (TPSA) is 44.5 Å². The van der Waals surface area contributed by atoms with Gasteiger partial charge in [0.2, 0.25) is 0 Å². The molecule has 21 heavy (non-hydrogen) atoms. The third-order valence-electron chi connectivity index (χ3n) is 3.50. The van der Waals surface area contributed by atoms with Gasteiger partial charge in [-0.3, -0.25) is 0 Å². The number of para-hydroxylation sites is 2. The molecule has 3 rings (SSSR count). The summed E-state index contributed by atoms with van der Waals surface area (Å²) in [5.41, 5.74) is 6.84. The number of benzene rings is 2. The average Bonchev–Trinajstić information content (AvgIpc) is 2.51. The summed E-state index contributed by atoms with van der Waals surface area (Å²) in [5, 5.41) is 0.116. The molecule has 0 bridgehead atoms. The lowest BCUT2D eigenvalue weighted by molar-refractivity contribution is 0.0722. The highest BCUT2D eigenvalue weighted by Gasteiger charge is 2.27. The van der Waals surface area contributed by atoms with Crippen LogP contribution in [0.3, 0.4) is 0 Å². The van der Waals surface area contributed by atoms with Crippen LogP contribution in [0, 0.1) is 5.82 Å². The van der Waals surface area contributed by atoms with E-state index in [4.69, 9.17) is 26.8 Å². The van der Waals surface area contributed by atoms with Gasteiger partial charge in [0, 0.05) is 6.04 Å². The Hall–Kier alpha value is -1.78. The van der Waals surface area contributed by atoms with Gasteiger partial charge in [0.15, 0.2) is 11.5 Å². The minimum absolute atomic E-state index is 0.116. The largest absolute Gasteiger partial charge is 0.486 e. The summed E-state index contributed by atoms with van der Waals surface area (Å²) in [7, 11) is 0. The van der Waals surface area contributed by atoms with Crippen LogP contribution >= 0.6 is 11.6 Å². The molecule has 110 valence electrons. The van der Waals surface area contributed by atoms with E-state index in [0.717, 1.165) is 0 Å². The van der Waals surface area contributed by atoms with E-state index in [1.54, 1.807) is 12.1 Å². The molecule has 2 unspecified atom stereocenters. The third-order valence-corrected chi connectivity index (χ3v) is 3.92. The van der Waals surface area contributed by atoms with Gasteiger partial charge in [0.25, 0.3) is 0 Å². The van der Waals surface area contributed by atoms with Gasteiger partial charge in [-0.15, -0.1) is 0 Å². The fraction of sp³-hybridized carbons (Fsp3) is 0.250. The van der Waals surface area contributed by atoms with E-state index < -0.39 is 5.82 Å². The number of ether oxygens (including phenoxy) is 2. The summed E-state index contributed by atoms with van der Waals surface area (Å²) in [4.78, 5) is 0. The zero-order valence-corrected chi connectivity index (χ0v) is 12.0. The molecule has 0 aliphatic carbocycles. The van der Waals surface area contributed by atoms with E-state index in [1.807, 2.05) is 24.3 Å². The summed E-state index contributed by atoms with van der Waals surface area (Å²) in [5.74, 6) is 0.951. The predicted molar refractivity (Wildman–Crippen MR) is 79.4 cm³/mol. The fourth-order valence-electron chi connectivity index (χ4n) is 2.34. The highest BCUT2D eigenvalue weighted by molar-refractivity contribution is 6.31. The summed E-state index contributed by atoms with van der Waals surface area (Å²) in [6, 6.07) is 11.8. The molecule has 2 N–H and O–H groups in total. The molecule has 2 aromatic carbocycles. The first kappa shape index (κ1) is 14.2. The molecule has 0 saturated carbocycles. The second-order valence-corrected chi connectivity index (χ2v) is 5.37. The van der Waals surface area contributed by atoms with Crippen LogP contribution in [-0.4, -0.2) is 18.8 Å². The van der Waals surface area contributed by atoms with Gasteiger partial charge in [-0.05, 0) is 30.2 Å². The number of hydrogen-bond donors (Lipinski definition) is 1. The maximum atomic E-state index is 13.4. The molecule has 0 amide bonds. The molecular weight excluding hydrogens is 293 g/mol. The molecule has 0 aromatic heterocycles. The Balaban J connectivity index is 1.72. The van der Waals surface area contributed by atoms with Crippen LogP contribution in [0.1, 0.15) is 5.56 Å². The Morgan fingerprint density at radius 1 is 1.19 bits per heavy atom. The Bertz CT molecular complexity index is 650. The summed E-state index contributed by atoms with van der Waals surface area (Å²) in [6.45, 7) is 0.366. The molecule has 1 aliphatic heterocycles. The van der Waals surface area contributed by atoms with Crippen molar-refractivity contribution in [2.45, 2.75) is 18.6 Å². The summed E-state index contributed by atoms with van der Waals surface area (Å²) < 4.78 is 24.9. The van der Waals surface area contributed by atoms with Gasteiger partial charge in [-0.25, -0.2) is 4.39 Å². The summed E-state index contributed by atoms with van der Waals surface area (Å²) >= 11 is 5.95. The Morgan fingerprint density at radius 3 is 2.76 bits per heavy atom. The first-order valence-corrected chi connectivity index (χ1v) is 7.10. The van der Waals surface area contributed by atoms with E-state index in [9.17, 15) is 4.39 Å². The highest BCUT2D eigenvalue weighted by atomic mass is 35.5. The monoisotopic (exact) mass is 307 g/mol. The van der Waals surface area contributed by atoms with Crippen LogP contribution in [0.4, 0.5) is 4.39 Å². The Morgan fingerprint density at radius 2 is 1.95 bits per heavy atom. The van der Waals surface area contributed by atoms with E-state index in [-0.39, 0.29) is 17.2 Å². The van der Waals surface area contributed by atoms with E-state index in [2.05, 4.69) is 0 Å². The Kier molecular flexibility index (Phi) is 3.99. The molecule has 2 atom stereocenters. The SMILES string of the molecule is NC(Cc1cccc(F)c1Cl)C1COc2ccccc2O1. The first-order chi connectivity index (χ1) is 10.1. The van der Waals surface area contributed by atoms with Crippen LogP contribution in [0.2, 0.25) is 5.02 Å². The third kappa shape index (κ3) is 2.96. The lowest BCUT2D eigenvalue weighted by atomic mass is 10.0. The Labute approximate surface area is 127 Å². The zero-order chi connectivity index (χ0) is 14.8. The van der Waals surface area contributed by atoms with Crippen LogP contribution in [0.25, 0.3) is 0 Å². The molecule has 0 spiro atoms. The van der Waals surface area contributed by atoms with E-state index in [0.29, 0.717) is 30.1 Å². The van der Waals surface area contributed by atoms with Gasteiger partial charge in [0.05, 0.1) is 5.02 Å². The molecule has 0 radical (unpaired) electrons. The molecule has 0 saturated heterocycles. The molecule has 1 heterocycles. The molecule has 2 aromatic rings.